The van der Waals surface area contributed by atoms with Crippen molar-refractivity contribution in [1.29, 1.82) is 0 Å². The van der Waals surface area contributed by atoms with Crippen molar-refractivity contribution in [3.63, 3.8) is 0 Å². The topological polar surface area (TPSA) is 26.0 Å². The van der Waals surface area contributed by atoms with E-state index in [1.54, 1.807) is 0 Å². The van der Waals surface area contributed by atoms with Crippen LogP contribution in [-0.2, 0) is 0 Å². The number of hydrogen-bond donors (Lipinski definition) is 0. The van der Waals surface area contributed by atoms with Gasteiger partial charge in [-0.1, -0.05) is 109 Å². The van der Waals surface area contributed by atoms with Gasteiger partial charge in [-0.25, -0.2) is 4.98 Å². The maximum Gasteiger partial charge on any atom is 0.162 e. The normalized spacial score (nSPS) is 12.1. The van der Waals surface area contributed by atoms with Crippen LogP contribution < -0.4 is 0 Å². The zero-order valence-corrected chi connectivity index (χ0v) is 27.7. The van der Waals surface area contributed by atoms with Gasteiger partial charge in [-0.05, 0) is 64.7 Å². The lowest BCUT2D eigenvalue weighted by Gasteiger charge is -2.13. The molecule has 0 saturated heterocycles. The van der Waals surface area contributed by atoms with E-state index in [0.717, 1.165) is 44.1 Å². The van der Waals surface area contributed by atoms with Crippen LogP contribution in [0.4, 0.5) is 0 Å². The second kappa shape index (κ2) is 10.3. The van der Waals surface area contributed by atoms with Gasteiger partial charge in [0.05, 0.1) is 5.52 Å². The largest absolute Gasteiger partial charge is 0.454 e. The van der Waals surface area contributed by atoms with Crippen molar-refractivity contribution >= 4 is 95.9 Å². The van der Waals surface area contributed by atoms with Crippen molar-refractivity contribution in [3.8, 4) is 33.5 Å². The number of benzene rings is 7. The molecule has 0 atom stereocenters. The zero-order chi connectivity index (χ0) is 32.1. The fourth-order valence-corrected chi connectivity index (χ4v) is 10.1. The standard InChI is InChI=1S/C45H25NOS2/c1-5-19-37-35(13-1)41-36-14-2-6-20-38(36)47-43(41)42(46-37)28-24-26(29-15-9-17-33-31-11-3-7-21-39(31)48-44(29)33)23-27(25-28)30-16-10-18-34-32-12-4-8-22-40(32)49-45(30)34/h1-25H. The molecule has 0 N–H and O–H groups in total. The number of rotatable bonds is 3. The highest BCUT2D eigenvalue weighted by molar-refractivity contribution is 7.26. The molecule has 0 amide bonds. The van der Waals surface area contributed by atoms with Crippen molar-refractivity contribution in [2.75, 3.05) is 0 Å². The average molecular weight is 660 g/mol. The second-order valence-corrected chi connectivity index (χ2v) is 14.7. The Labute approximate surface area is 289 Å². The molecule has 0 spiro atoms. The van der Waals surface area contributed by atoms with Gasteiger partial charge in [-0.3, -0.25) is 0 Å². The zero-order valence-electron chi connectivity index (χ0n) is 26.1. The number of nitrogens with zero attached hydrogens (tertiary/aromatic N) is 1. The minimum Gasteiger partial charge on any atom is -0.454 e. The Morgan fingerprint density at radius 2 is 0.939 bits per heavy atom. The minimum absolute atomic E-state index is 0.822. The van der Waals surface area contributed by atoms with Crippen molar-refractivity contribution in [3.05, 3.63) is 152 Å². The van der Waals surface area contributed by atoms with E-state index in [1.165, 1.54) is 62.6 Å². The van der Waals surface area contributed by atoms with Crippen LogP contribution in [0.5, 0.6) is 0 Å². The van der Waals surface area contributed by atoms with E-state index in [-0.39, 0.29) is 0 Å². The lowest BCUT2D eigenvalue weighted by molar-refractivity contribution is 0.669. The van der Waals surface area contributed by atoms with Crippen LogP contribution in [-0.4, -0.2) is 4.98 Å². The first kappa shape index (κ1) is 27.2. The Balaban J connectivity index is 1.26. The first-order valence-corrected chi connectivity index (χ1v) is 18.1. The molecule has 7 aromatic carbocycles. The summed E-state index contributed by atoms with van der Waals surface area (Å²) in [5.41, 5.74) is 9.35. The molecule has 4 aromatic heterocycles. The van der Waals surface area contributed by atoms with Gasteiger partial charge in [0, 0.05) is 62.1 Å². The van der Waals surface area contributed by atoms with Gasteiger partial charge in [0.2, 0.25) is 0 Å². The van der Waals surface area contributed by atoms with E-state index in [4.69, 9.17) is 9.40 Å². The van der Waals surface area contributed by atoms with E-state index in [9.17, 15) is 0 Å². The minimum atomic E-state index is 0.822. The number of para-hydroxylation sites is 2. The first-order chi connectivity index (χ1) is 24.3. The fraction of sp³-hybridized carbons (Fsp3) is 0. The third-order valence-electron chi connectivity index (χ3n) is 9.85. The molecule has 0 radical (unpaired) electrons. The maximum atomic E-state index is 6.70. The van der Waals surface area contributed by atoms with E-state index in [1.807, 2.05) is 28.7 Å². The summed E-state index contributed by atoms with van der Waals surface area (Å²) in [6, 6.07) is 54.7. The van der Waals surface area contributed by atoms with Crippen molar-refractivity contribution in [1.82, 2.24) is 4.98 Å². The van der Waals surface area contributed by atoms with E-state index in [0.29, 0.717) is 0 Å². The monoisotopic (exact) mass is 659 g/mol. The Bertz CT molecular complexity index is 2990. The highest BCUT2D eigenvalue weighted by Gasteiger charge is 2.21. The summed E-state index contributed by atoms with van der Waals surface area (Å²) in [5.74, 6) is 0. The third-order valence-corrected chi connectivity index (χ3v) is 12.3. The number of furan rings is 1. The van der Waals surface area contributed by atoms with Crippen molar-refractivity contribution in [2.45, 2.75) is 0 Å². The summed E-state index contributed by atoms with van der Waals surface area (Å²) in [4.78, 5) is 5.34. The van der Waals surface area contributed by atoms with E-state index in [2.05, 4.69) is 146 Å². The molecular formula is C45H25NOS2. The predicted octanol–water partition coefficient (Wildman–Crippen LogP) is 13.9. The Morgan fingerprint density at radius 1 is 0.429 bits per heavy atom. The molecule has 2 nitrogen and oxygen atoms in total. The first-order valence-electron chi connectivity index (χ1n) is 16.5. The van der Waals surface area contributed by atoms with Gasteiger partial charge in [0.1, 0.15) is 11.3 Å². The molecule has 0 bridgehead atoms. The third kappa shape index (κ3) is 4.02. The van der Waals surface area contributed by atoms with Crippen LogP contribution in [0.15, 0.2) is 156 Å². The van der Waals surface area contributed by atoms with Crippen LogP contribution >= 0.6 is 22.7 Å². The average Bonchev–Trinajstić information content (AvgIpc) is 3.86. The summed E-state index contributed by atoms with van der Waals surface area (Å²) in [6.45, 7) is 0. The molecule has 4 heterocycles. The summed E-state index contributed by atoms with van der Waals surface area (Å²) in [7, 11) is 0. The lowest BCUT2D eigenvalue weighted by Crippen LogP contribution is -1.91. The van der Waals surface area contributed by atoms with Crippen LogP contribution in [0.1, 0.15) is 0 Å². The quantitative estimate of drug-likeness (QED) is 0.189. The molecule has 11 aromatic rings. The lowest BCUT2D eigenvalue weighted by atomic mass is 9.93. The number of fused-ring (bicyclic) bond motifs is 11. The number of pyridine rings is 1. The molecule has 0 aliphatic carbocycles. The van der Waals surface area contributed by atoms with Crippen LogP contribution in [0.25, 0.3) is 107 Å². The van der Waals surface area contributed by atoms with Gasteiger partial charge in [0.15, 0.2) is 5.58 Å². The van der Waals surface area contributed by atoms with Gasteiger partial charge in [-0.2, -0.15) is 0 Å². The SMILES string of the molecule is c1ccc2c(c1)nc(-c1cc(-c3cccc4c3sc3ccccc34)cc(-c3cccc4c3sc3ccccc34)c1)c1oc3ccccc3c12. The van der Waals surface area contributed by atoms with Crippen LogP contribution in [0.2, 0.25) is 0 Å². The number of hydrogen-bond acceptors (Lipinski definition) is 4. The summed E-state index contributed by atoms with van der Waals surface area (Å²) in [5, 5.41) is 8.51. The van der Waals surface area contributed by atoms with Gasteiger partial charge in [0.25, 0.3) is 0 Å². The summed E-state index contributed by atoms with van der Waals surface area (Å²) < 4.78 is 11.9. The second-order valence-electron chi connectivity index (χ2n) is 12.6. The van der Waals surface area contributed by atoms with Crippen molar-refractivity contribution < 1.29 is 4.42 Å². The Kier molecular flexibility index (Phi) is 5.74. The van der Waals surface area contributed by atoms with Crippen LogP contribution in [0, 0.1) is 0 Å². The molecule has 0 saturated carbocycles. The fourth-order valence-electron chi connectivity index (χ4n) is 7.65. The Morgan fingerprint density at radius 3 is 1.59 bits per heavy atom. The van der Waals surface area contributed by atoms with Crippen LogP contribution in [0.3, 0.4) is 0 Å². The number of thiophene rings is 2. The molecule has 11 rings (SSSR count). The highest BCUT2D eigenvalue weighted by Crippen LogP contribution is 2.46. The van der Waals surface area contributed by atoms with Gasteiger partial charge < -0.3 is 4.42 Å². The van der Waals surface area contributed by atoms with E-state index >= 15 is 0 Å². The predicted molar refractivity (Wildman–Crippen MR) is 211 cm³/mol. The number of aromatic nitrogens is 1. The molecule has 0 aliphatic rings. The molecular weight excluding hydrogens is 635 g/mol. The van der Waals surface area contributed by atoms with E-state index < -0.39 is 0 Å². The summed E-state index contributed by atoms with van der Waals surface area (Å²) >= 11 is 3.73. The molecule has 0 fully saturated rings. The summed E-state index contributed by atoms with van der Waals surface area (Å²) in [6.07, 6.45) is 0. The maximum absolute atomic E-state index is 6.70. The molecule has 0 aliphatic heterocycles. The smallest absolute Gasteiger partial charge is 0.162 e. The Hall–Kier alpha value is -5.81. The highest BCUT2D eigenvalue weighted by atomic mass is 32.1. The molecule has 4 heteroatoms. The van der Waals surface area contributed by atoms with Crippen molar-refractivity contribution in [2.24, 2.45) is 0 Å². The molecule has 228 valence electrons. The van der Waals surface area contributed by atoms with Gasteiger partial charge >= 0.3 is 0 Å². The molecule has 49 heavy (non-hydrogen) atoms. The van der Waals surface area contributed by atoms with Gasteiger partial charge in [-0.15, -0.1) is 22.7 Å². The molecule has 0 unspecified atom stereocenters.